The van der Waals surface area contributed by atoms with Gasteiger partial charge in [-0.15, -0.1) is 0 Å². The van der Waals surface area contributed by atoms with Crippen molar-refractivity contribution in [2.45, 2.75) is 13.1 Å². The van der Waals surface area contributed by atoms with Gasteiger partial charge in [0.2, 0.25) is 0 Å². The molecule has 0 unspecified atom stereocenters. The van der Waals surface area contributed by atoms with Crippen LogP contribution in [0.15, 0.2) is 18.2 Å². The van der Waals surface area contributed by atoms with E-state index in [0.717, 1.165) is 12.1 Å². The SMILES string of the molecule is Bc1cc(C(F)(F)F)ccc1C(C)=O. The molecule has 0 N–H and O–H groups in total. The quantitative estimate of drug-likeness (QED) is 0.491. The molecular formula is C9H8BF3O. The van der Waals surface area contributed by atoms with Crippen molar-refractivity contribution in [2.75, 3.05) is 0 Å². The summed E-state index contributed by atoms with van der Waals surface area (Å²) in [6.07, 6.45) is -4.35. The lowest BCUT2D eigenvalue weighted by molar-refractivity contribution is -0.137. The molecule has 0 saturated carbocycles. The summed E-state index contributed by atoms with van der Waals surface area (Å²) in [5, 5.41) is 0. The molecule has 0 aromatic heterocycles. The molecule has 1 nitrogen and oxygen atoms in total. The molecule has 1 aromatic carbocycles. The van der Waals surface area contributed by atoms with Gasteiger partial charge in [0.25, 0.3) is 0 Å². The van der Waals surface area contributed by atoms with Crippen LogP contribution in [-0.4, -0.2) is 13.6 Å². The molecule has 0 aliphatic rings. The van der Waals surface area contributed by atoms with Gasteiger partial charge >= 0.3 is 6.18 Å². The molecule has 0 bridgehead atoms. The van der Waals surface area contributed by atoms with Gasteiger partial charge in [-0.3, -0.25) is 4.79 Å². The van der Waals surface area contributed by atoms with Gasteiger partial charge in [-0.1, -0.05) is 17.6 Å². The summed E-state index contributed by atoms with van der Waals surface area (Å²) in [7, 11) is 1.49. The van der Waals surface area contributed by atoms with Gasteiger partial charge in [-0.25, -0.2) is 0 Å². The van der Waals surface area contributed by atoms with E-state index in [4.69, 9.17) is 0 Å². The Bertz CT molecular complexity index is 371. The lowest BCUT2D eigenvalue weighted by Crippen LogP contribution is -2.17. The predicted octanol–water partition coefficient (Wildman–Crippen LogP) is 1.17. The number of hydrogen-bond donors (Lipinski definition) is 0. The zero-order valence-corrected chi connectivity index (χ0v) is 7.77. The maximum absolute atomic E-state index is 12.2. The van der Waals surface area contributed by atoms with Gasteiger partial charge in [-0.05, 0) is 13.0 Å². The summed E-state index contributed by atoms with van der Waals surface area (Å²) < 4.78 is 36.6. The van der Waals surface area contributed by atoms with E-state index >= 15 is 0 Å². The first-order chi connectivity index (χ1) is 6.32. The Morgan fingerprint density at radius 2 is 1.93 bits per heavy atom. The third-order valence-corrected chi connectivity index (χ3v) is 1.93. The average Bonchev–Trinajstić information content (AvgIpc) is 2.01. The Morgan fingerprint density at radius 3 is 2.29 bits per heavy atom. The molecular weight excluding hydrogens is 192 g/mol. The minimum atomic E-state index is -4.35. The fourth-order valence-electron chi connectivity index (χ4n) is 1.24. The lowest BCUT2D eigenvalue weighted by Gasteiger charge is -2.09. The Balaban J connectivity index is 3.20. The van der Waals surface area contributed by atoms with Gasteiger partial charge in [0, 0.05) is 5.56 Å². The number of rotatable bonds is 1. The Kier molecular flexibility index (Phi) is 2.69. The number of carbonyl (C=O) groups excluding carboxylic acids is 1. The fourth-order valence-corrected chi connectivity index (χ4v) is 1.24. The van der Waals surface area contributed by atoms with E-state index in [2.05, 4.69) is 0 Å². The lowest BCUT2D eigenvalue weighted by atomic mass is 9.87. The number of ketones is 1. The highest BCUT2D eigenvalue weighted by molar-refractivity contribution is 6.36. The van der Waals surface area contributed by atoms with Crippen molar-refractivity contribution >= 4 is 19.1 Å². The number of carbonyl (C=O) groups is 1. The van der Waals surface area contributed by atoms with Crippen molar-refractivity contribution in [1.29, 1.82) is 0 Å². The van der Waals surface area contributed by atoms with E-state index < -0.39 is 11.7 Å². The molecule has 0 aliphatic heterocycles. The Morgan fingerprint density at radius 1 is 1.36 bits per heavy atom. The molecule has 0 saturated heterocycles. The van der Waals surface area contributed by atoms with Crippen molar-refractivity contribution in [3.8, 4) is 0 Å². The summed E-state index contributed by atoms with van der Waals surface area (Å²) in [4.78, 5) is 10.9. The number of halogens is 3. The summed E-state index contributed by atoms with van der Waals surface area (Å²) in [6, 6.07) is 3.11. The van der Waals surface area contributed by atoms with Crippen LogP contribution in [0.3, 0.4) is 0 Å². The summed E-state index contributed by atoms with van der Waals surface area (Å²) in [5.74, 6) is -0.226. The van der Waals surface area contributed by atoms with Crippen molar-refractivity contribution in [3.63, 3.8) is 0 Å². The number of benzene rings is 1. The van der Waals surface area contributed by atoms with Crippen LogP contribution in [0.2, 0.25) is 0 Å². The Labute approximate surface area is 80.3 Å². The minimum absolute atomic E-state index is 0.226. The van der Waals surface area contributed by atoms with Gasteiger partial charge in [0.05, 0.1) is 5.56 Å². The molecule has 1 rings (SSSR count). The molecule has 14 heavy (non-hydrogen) atoms. The van der Waals surface area contributed by atoms with Crippen LogP contribution in [0.4, 0.5) is 13.2 Å². The molecule has 0 atom stereocenters. The molecule has 74 valence electrons. The highest BCUT2D eigenvalue weighted by atomic mass is 19.4. The molecule has 5 heteroatoms. The van der Waals surface area contributed by atoms with Crippen LogP contribution in [0.1, 0.15) is 22.8 Å². The number of alkyl halides is 3. The second-order valence-electron chi connectivity index (χ2n) is 3.08. The van der Waals surface area contributed by atoms with Gasteiger partial charge in [0.1, 0.15) is 7.85 Å². The van der Waals surface area contributed by atoms with Crippen LogP contribution in [0.25, 0.3) is 0 Å². The average molecular weight is 200 g/mol. The maximum atomic E-state index is 12.2. The van der Waals surface area contributed by atoms with Crippen LogP contribution in [0.5, 0.6) is 0 Å². The molecule has 0 aliphatic carbocycles. The van der Waals surface area contributed by atoms with Gasteiger partial charge in [-0.2, -0.15) is 13.2 Å². The zero-order valence-electron chi connectivity index (χ0n) is 7.77. The maximum Gasteiger partial charge on any atom is 0.416 e. The van der Waals surface area contributed by atoms with E-state index in [1.165, 1.54) is 20.8 Å². The second-order valence-corrected chi connectivity index (χ2v) is 3.08. The van der Waals surface area contributed by atoms with E-state index in [1.54, 1.807) is 0 Å². The third-order valence-electron chi connectivity index (χ3n) is 1.93. The fraction of sp³-hybridized carbons (Fsp3) is 0.222. The largest absolute Gasteiger partial charge is 0.416 e. The van der Waals surface area contributed by atoms with E-state index in [-0.39, 0.29) is 5.78 Å². The zero-order chi connectivity index (χ0) is 10.9. The number of Topliss-reactive ketones (excluding diaryl/α,β-unsaturated/α-hetero) is 1. The standard InChI is InChI=1S/C9H8BF3O/c1-5(14)7-3-2-6(4-8(7)10)9(11,12)13/h2-4H,10H2,1H3. The number of hydrogen-bond acceptors (Lipinski definition) is 1. The smallest absolute Gasteiger partial charge is 0.295 e. The van der Waals surface area contributed by atoms with Crippen LogP contribution < -0.4 is 5.46 Å². The van der Waals surface area contributed by atoms with Crippen LogP contribution >= 0.6 is 0 Å². The molecule has 1 aromatic rings. The molecule has 0 amide bonds. The summed E-state index contributed by atoms with van der Waals surface area (Å²) >= 11 is 0. The molecule has 0 spiro atoms. The normalized spacial score (nSPS) is 11.4. The van der Waals surface area contributed by atoms with Gasteiger partial charge < -0.3 is 0 Å². The summed E-state index contributed by atoms with van der Waals surface area (Å²) in [6.45, 7) is 1.33. The topological polar surface area (TPSA) is 17.1 Å². The van der Waals surface area contributed by atoms with E-state index in [9.17, 15) is 18.0 Å². The molecule has 0 radical (unpaired) electrons. The van der Waals surface area contributed by atoms with Gasteiger partial charge in [0.15, 0.2) is 5.78 Å². The first-order valence-electron chi connectivity index (χ1n) is 4.01. The molecule has 0 heterocycles. The second kappa shape index (κ2) is 3.48. The van der Waals surface area contributed by atoms with Crippen LogP contribution in [0, 0.1) is 0 Å². The van der Waals surface area contributed by atoms with Crippen molar-refractivity contribution < 1.29 is 18.0 Å². The predicted molar refractivity (Wildman–Crippen MR) is 49.6 cm³/mol. The summed E-state index contributed by atoms with van der Waals surface area (Å²) in [5.41, 5.74) is -0.0367. The highest BCUT2D eigenvalue weighted by Gasteiger charge is 2.30. The van der Waals surface area contributed by atoms with Crippen molar-refractivity contribution in [2.24, 2.45) is 0 Å². The van der Waals surface area contributed by atoms with Crippen molar-refractivity contribution in [3.05, 3.63) is 29.3 Å². The molecule has 0 fully saturated rings. The van der Waals surface area contributed by atoms with Crippen LogP contribution in [-0.2, 0) is 6.18 Å². The first-order valence-corrected chi connectivity index (χ1v) is 4.01. The first kappa shape index (κ1) is 10.8. The van der Waals surface area contributed by atoms with E-state index in [1.807, 2.05) is 0 Å². The van der Waals surface area contributed by atoms with E-state index in [0.29, 0.717) is 11.0 Å². The van der Waals surface area contributed by atoms with Crippen molar-refractivity contribution in [1.82, 2.24) is 0 Å². The Hall–Kier alpha value is -1.26. The minimum Gasteiger partial charge on any atom is -0.295 e. The highest BCUT2D eigenvalue weighted by Crippen LogP contribution is 2.28. The monoisotopic (exact) mass is 200 g/mol. The third kappa shape index (κ3) is 2.16.